The van der Waals surface area contributed by atoms with Gasteiger partial charge in [-0.15, -0.1) is 0 Å². The summed E-state index contributed by atoms with van der Waals surface area (Å²) in [4.78, 5) is 43.3. The molecule has 3 amide bonds. The Hall–Kier alpha value is -2.88. The Balaban J connectivity index is 1.35. The fourth-order valence-electron chi connectivity index (χ4n) is 4.27. The Bertz CT molecular complexity index is 1110. The predicted octanol–water partition coefficient (Wildman–Crippen LogP) is 2.92. The fraction of sp³-hybridized carbons (Fsp3) is 0.348. The van der Waals surface area contributed by atoms with Gasteiger partial charge in [0.15, 0.2) is 0 Å². The zero-order valence-corrected chi connectivity index (χ0v) is 18.5. The number of morpholine rings is 1. The molecule has 2 saturated heterocycles. The van der Waals surface area contributed by atoms with E-state index in [1.54, 1.807) is 0 Å². The second kappa shape index (κ2) is 8.57. The standard InChI is InChI=1S/C23H24N4O4S/c1-14-10-26(4-5-31-14)11-16-6-17(24-9-16)8-19-18-7-15(2-3-20(18)25-22(19)29)12-27-21(28)13-32-23(27)30/h2-3,6-9,14,24H,4-5,10-13H2,1H3,(H,25,29)/b19-8-. The lowest BCUT2D eigenvalue weighted by Crippen LogP contribution is -2.40. The van der Waals surface area contributed by atoms with E-state index in [1.165, 1.54) is 4.90 Å². The van der Waals surface area contributed by atoms with Gasteiger partial charge in [0.2, 0.25) is 5.91 Å². The number of benzene rings is 1. The molecule has 2 N–H and O–H groups in total. The van der Waals surface area contributed by atoms with Gasteiger partial charge >= 0.3 is 0 Å². The summed E-state index contributed by atoms with van der Waals surface area (Å²) in [5.74, 6) is -0.161. The predicted molar refractivity (Wildman–Crippen MR) is 123 cm³/mol. The lowest BCUT2D eigenvalue weighted by Gasteiger charge is -2.30. The average molecular weight is 453 g/mol. The highest BCUT2D eigenvalue weighted by molar-refractivity contribution is 8.14. The maximum atomic E-state index is 12.6. The van der Waals surface area contributed by atoms with Crippen LogP contribution in [0.1, 0.15) is 29.3 Å². The quantitative estimate of drug-likeness (QED) is 0.678. The molecule has 2 fully saturated rings. The second-order valence-electron chi connectivity index (χ2n) is 8.31. The van der Waals surface area contributed by atoms with Gasteiger partial charge in [-0.25, -0.2) is 0 Å². The largest absolute Gasteiger partial charge is 0.376 e. The molecule has 1 aromatic heterocycles. The third-order valence-electron chi connectivity index (χ3n) is 5.84. The molecule has 9 heteroatoms. The molecule has 3 aliphatic rings. The lowest BCUT2D eigenvalue weighted by molar-refractivity contribution is -0.125. The SMILES string of the molecule is CC1CN(Cc2c[nH]c(/C=C3\C(=O)Nc4ccc(CN5C(=O)CSC5=O)cc43)c2)CCO1. The highest BCUT2D eigenvalue weighted by atomic mass is 32.2. The number of aromatic nitrogens is 1. The molecule has 1 atom stereocenters. The van der Waals surface area contributed by atoms with Crippen molar-refractivity contribution >= 4 is 46.2 Å². The minimum atomic E-state index is -0.228. The Morgan fingerprint density at radius 2 is 2.06 bits per heavy atom. The van der Waals surface area contributed by atoms with E-state index in [2.05, 4.69) is 28.2 Å². The maximum Gasteiger partial charge on any atom is 0.289 e. The summed E-state index contributed by atoms with van der Waals surface area (Å²) in [5, 5.41) is 2.66. The van der Waals surface area contributed by atoms with Gasteiger partial charge in [-0.05, 0) is 42.3 Å². The fourth-order valence-corrected chi connectivity index (χ4v) is 5.00. The van der Waals surface area contributed by atoms with E-state index in [0.29, 0.717) is 5.57 Å². The van der Waals surface area contributed by atoms with Crippen molar-refractivity contribution in [2.45, 2.75) is 26.1 Å². The molecule has 0 bridgehead atoms. The molecule has 1 unspecified atom stereocenters. The summed E-state index contributed by atoms with van der Waals surface area (Å²) in [5.41, 5.74) is 4.88. The smallest absolute Gasteiger partial charge is 0.289 e. The monoisotopic (exact) mass is 452 g/mol. The molecular weight excluding hydrogens is 428 g/mol. The molecule has 8 nitrogen and oxygen atoms in total. The van der Waals surface area contributed by atoms with Crippen molar-refractivity contribution in [3.63, 3.8) is 0 Å². The van der Waals surface area contributed by atoms with E-state index in [-0.39, 0.29) is 35.5 Å². The molecule has 0 saturated carbocycles. The first-order chi connectivity index (χ1) is 15.5. The molecule has 2 aromatic rings. The van der Waals surface area contributed by atoms with Crippen LogP contribution in [0, 0.1) is 0 Å². The number of fused-ring (bicyclic) bond motifs is 1. The normalized spacial score (nSPS) is 22.7. The van der Waals surface area contributed by atoms with E-state index < -0.39 is 0 Å². The molecule has 3 aliphatic heterocycles. The van der Waals surface area contributed by atoms with Crippen molar-refractivity contribution < 1.29 is 19.1 Å². The number of amides is 3. The van der Waals surface area contributed by atoms with Crippen molar-refractivity contribution in [3.05, 3.63) is 52.8 Å². The number of H-pyrrole nitrogens is 1. The molecule has 0 aliphatic carbocycles. The van der Waals surface area contributed by atoms with Crippen molar-refractivity contribution in [1.82, 2.24) is 14.8 Å². The number of aromatic amines is 1. The van der Waals surface area contributed by atoms with Gasteiger partial charge in [0.05, 0.1) is 30.6 Å². The van der Waals surface area contributed by atoms with Gasteiger partial charge in [0, 0.05) is 42.8 Å². The Kier molecular flexibility index (Phi) is 5.62. The maximum absolute atomic E-state index is 12.6. The van der Waals surface area contributed by atoms with Crippen LogP contribution in [0.2, 0.25) is 0 Å². The molecule has 166 valence electrons. The first-order valence-corrected chi connectivity index (χ1v) is 11.6. The van der Waals surface area contributed by atoms with Crippen LogP contribution in [0.15, 0.2) is 30.5 Å². The number of nitrogens with zero attached hydrogens (tertiary/aromatic N) is 2. The minimum absolute atomic E-state index is 0.167. The van der Waals surface area contributed by atoms with Gasteiger partial charge < -0.3 is 15.0 Å². The van der Waals surface area contributed by atoms with Crippen molar-refractivity contribution in [2.75, 3.05) is 30.8 Å². The van der Waals surface area contributed by atoms with Crippen LogP contribution in [-0.2, 0) is 27.4 Å². The lowest BCUT2D eigenvalue weighted by atomic mass is 10.0. The first-order valence-electron chi connectivity index (χ1n) is 10.6. The molecule has 32 heavy (non-hydrogen) atoms. The number of ether oxygens (including phenoxy) is 1. The molecule has 1 aromatic carbocycles. The van der Waals surface area contributed by atoms with Crippen LogP contribution in [0.5, 0.6) is 0 Å². The molecule has 0 radical (unpaired) electrons. The topological polar surface area (TPSA) is 94.7 Å². The number of rotatable bonds is 5. The molecule has 5 rings (SSSR count). The average Bonchev–Trinajstić information content (AvgIpc) is 3.43. The summed E-state index contributed by atoms with van der Waals surface area (Å²) < 4.78 is 5.60. The van der Waals surface area contributed by atoms with Gasteiger partial charge in [-0.2, -0.15) is 0 Å². The van der Waals surface area contributed by atoms with Gasteiger partial charge in [0.1, 0.15) is 0 Å². The number of imide groups is 1. The minimum Gasteiger partial charge on any atom is -0.376 e. The van der Waals surface area contributed by atoms with Gasteiger partial charge in [0.25, 0.3) is 11.1 Å². The zero-order chi connectivity index (χ0) is 22.2. The Morgan fingerprint density at radius 1 is 1.19 bits per heavy atom. The van der Waals surface area contributed by atoms with E-state index in [0.717, 1.165) is 66.1 Å². The van der Waals surface area contributed by atoms with E-state index >= 15 is 0 Å². The van der Waals surface area contributed by atoms with Crippen molar-refractivity contribution in [2.24, 2.45) is 0 Å². The van der Waals surface area contributed by atoms with Crippen molar-refractivity contribution in [3.8, 4) is 0 Å². The Labute approximate surface area is 190 Å². The summed E-state index contributed by atoms with van der Waals surface area (Å²) in [6, 6.07) is 7.59. The van der Waals surface area contributed by atoms with Gasteiger partial charge in [-0.1, -0.05) is 17.8 Å². The van der Waals surface area contributed by atoms with Gasteiger partial charge in [-0.3, -0.25) is 24.2 Å². The number of carbonyl (C=O) groups excluding carboxylic acids is 3. The van der Waals surface area contributed by atoms with E-state index in [1.807, 2.05) is 30.5 Å². The number of hydrogen-bond acceptors (Lipinski definition) is 6. The summed E-state index contributed by atoms with van der Waals surface area (Å²) in [6.45, 7) is 5.68. The molecule has 0 spiro atoms. The number of carbonyl (C=O) groups is 3. The highest BCUT2D eigenvalue weighted by Crippen LogP contribution is 2.34. The van der Waals surface area contributed by atoms with Crippen LogP contribution in [0.3, 0.4) is 0 Å². The van der Waals surface area contributed by atoms with Crippen LogP contribution in [-0.4, -0.2) is 63.4 Å². The first kappa shape index (κ1) is 21.0. The number of anilines is 1. The number of hydrogen-bond donors (Lipinski definition) is 2. The summed E-state index contributed by atoms with van der Waals surface area (Å²) in [6.07, 6.45) is 4.05. The van der Waals surface area contributed by atoms with E-state index in [4.69, 9.17) is 4.74 Å². The summed E-state index contributed by atoms with van der Waals surface area (Å²) in [7, 11) is 0. The van der Waals surface area contributed by atoms with Crippen LogP contribution < -0.4 is 5.32 Å². The summed E-state index contributed by atoms with van der Waals surface area (Å²) >= 11 is 1.02. The molecule has 4 heterocycles. The Morgan fingerprint density at radius 3 is 2.84 bits per heavy atom. The number of nitrogens with one attached hydrogen (secondary N) is 2. The van der Waals surface area contributed by atoms with Crippen LogP contribution in [0.4, 0.5) is 10.5 Å². The van der Waals surface area contributed by atoms with E-state index in [9.17, 15) is 14.4 Å². The number of thioether (sulfide) groups is 1. The van der Waals surface area contributed by atoms with Crippen molar-refractivity contribution in [1.29, 1.82) is 0 Å². The zero-order valence-electron chi connectivity index (χ0n) is 17.7. The van der Waals surface area contributed by atoms with Crippen LogP contribution in [0.25, 0.3) is 11.6 Å². The highest BCUT2D eigenvalue weighted by Gasteiger charge is 2.31. The third kappa shape index (κ3) is 4.23. The molecular formula is C23H24N4O4S. The van der Waals surface area contributed by atoms with Crippen LogP contribution >= 0.6 is 11.8 Å². The second-order valence-corrected chi connectivity index (χ2v) is 9.23. The third-order valence-corrected chi connectivity index (χ3v) is 6.70.